The molecule has 0 aromatic heterocycles. The van der Waals surface area contributed by atoms with Gasteiger partial charge in [-0.2, -0.15) is 0 Å². The molecule has 4 saturated carbocycles. The third kappa shape index (κ3) is 5.59. The SMILES string of the molecule is CCCCCCC1CCC(C23CCC(C#Cc4ccc(CCC)cc4)(CC2)CC3)CC1. The zero-order valence-corrected chi connectivity index (χ0v) is 20.5. The lowest BCUT2D eigenvalue weighted by atomic mass is 9.48. The van der Waals surface area contributed by atoms with E-state index in [-0.39, 0.29) is 0 Å². The van der Waals surface area contributed by atoms with Gasteiger partial charge >= 0.3 is 0 Å². The molecule has 2 bridgehead atoms. The van der Waals surface area contributed by atoms with Crippen LogP contribution >= 0.6 is 0 Å². The van der Waals surface area contributed by atoms with Crippen molar-refractivity contribution in [1.29, 1.82) is 0 Å². The Hall–Kier alpha value is -1.22. The summed E-state index contributed by atoms with van der Waals surface area (Å²) >= 11 is 0. The van der Waals surface area contributed by atoms with Crippen LogP contribution in [0, 0.1) is 34.5 Å². The van der Waals surface area contributed by atoms with Gasteiger partial charge in [0.1, 0.15) is 0 Å². The quantitative estimate of drug-likeness (QED) is 0.291. The molecule has 0 unspecified atom stereocenters. The maximum Gasteiger partial charge on any atom is 0.0319 e. The summed E-state index contributed by atoms with van der Waals surface area (Å²) in [5.41, 5.74) is 3.69. The van der Waals surface area contributed by atoms with E-state index in [1.54, 1.807) is 0 Å². The number of unbranched alkanes of at least 4 members (excludes halogenated alkanes) is 3. The summed E-state index contributed by atoms with van der Waals surface area (Å²) < 4.78 is 0. The van der Waals surface area contributed by atoms with Crippen LogP contribution in [-0.4, -0.2) is 0 Å². The van der Waals surface area contributed by atoms with Gasteiger partial charge in [0.2, 0.25) is 0 Å². The fraction of sp³-hybridized carbons (Fsp3) is 0.742. The summed E-state index contributed by atoms with van der Waals surface area (Å²) in [5.74, 6) is 9.45. The van der Waals surface area contributed by atoms with E-state index in [4.69, 9.17) is 0 Å². The summed E-state index contributed by atoms with van der Waals surface area (Å²) in [6.45, 7) is 4.57. The van der Waals surface area contributed by atoms with E-state index in [1.165, 1.54) is 120 Å². The van der Waals surface area contributed by atoms with Crippen molar-refractivity contribution in [3.8, 4) is 11.8 Å². The molecule has 0 atom stereocenters. The molecule has 4 aliphatic rings. The Kier molecular flexibility index (Phi) is 7.85. The Bertz CT molecular complexity index is 710. The first-order chi connectivity index (χ1) is 15.2. The lowest BCUT2D eigenvalue weighted by Gasteiger charge is -2.56. The molecule has 4 aliphatic carbocycles. The largest absolute Gasteiger partial charge is 0.0911 e. The molecular formula is C31H46. The van der Waals surface area contributed by atoms with E-state index < -0.39 is 0 Å². The van der Waals surface area contributed by atoms with Crippen LogP contribution in [-0.2, 0) is 6.42 Å². The standard InChI is InChI=1S/C31H46/c1-3-5-6-7-9-27-14-16-29(17-15-27)31-23-20-30(21-24-31,22-25-31)19-18-28-12-10-26(8-4-2)11-13-28/h10-13,27,29H,3-9,14-17,20-25H2,1-2H3. The Labute approximate surface area is 193 Å². The molecule has 1 aromatic carbocycles. The van der Waals surface area contributed by atoms with Crippen molar-refractivity contribution in [1.82, 2.24) is 0 Å². The molecule has 0 aliphatic heterocycles. The third-order valence-electron chi connectivity index (χ3n) is 9.45. The van der Waals surface area contributed by atoms with Gasteiger partial charge in [0.05, 0.1) is 0 Å². The minimum atomic E-state index is 0.334. The number of hydrogen-bond donors (Lipinski definition) is 0. The second-order valence-electron chi connectivity index (χ2n) is 11.4. The normalized spacial score (nSPS) is 32.5. The molecule has 1 aromatic rings. The van der Waals surface area contributed by atoms with Crippen LogP contribution in [0.2, 0.25) is 0 Å². The number of hydrogen-bond acceptors (Lipinski definition) is 0. The van der Waals surface area contributed by atoms with Gasteiger partial charge in [-0.3, -0.25) is 0 Å². The van der Waals surface area contributed by atoms with Crippen molar-refractivity contribution in [3.63, 3.8) is 0 Å². The van der Waals surface area contributed by atoms with Crippen LogP contribution in [0.15, 0.2) is 24.3 Å². The minimum Gasteiger partial charge on any atom is -0.0911 e. The van der Waals surface area contributed by atoms with Crippen molar-refractivity contribution >= 4 is 0 Å². The van der Waals surface area contributed by atoms with E-state index in [2.05, 4.69) is 50.0 Å². The fourth-order valence-electron chi connectivity index (χ4n) is 7.19. The summed E-state index contributed by atoms with van der Waals surface area (Å²) in [6.07, 6.45) is 24.3. The van der Waals surface area contributed by atoms with Crippen molar-refractivity contribution < 1.29 is 0 Å². The summed E-state index contributed by atoms with van der Waals surface area (Å²) in [7, 11) is 0. The molecule has 0 spiro atoms. The molecule has 0 heterocycles. The predicted octanol–water partition coefficient (Wildman–Crippen LogP) is 9.11. The van der Waals surface area contributed by atoms with Gasteiger partial charge in [0, 0.05) is 11.0 Å². The highest BCUT2D eigenvalue weighted by Crippen LogP contribution is 2.62. The number of rotatable bonds is 8. The van der Waals surface area contributed by atoms with Gasteiger partial charge in [-0.05, 0) is 92.7 Å². The molecule has 0 N–H and O–H groups in total. The Morgan fingerprint density at radius 1 is 0.774 bits per heavy atom. The number of fused-ring (bicyclic) bond motifs is 3. The molecule has 170 valence electrons. The highest BCUT2D eigenvalue weighted by molar-refractivity contribution is 5.38. The summed E-state index contributed by atoms with van der Waals surface area (Å²) in [6, 6.07) is 9.03. The van der Waals surface area contributed by atoms with Crippen molar-refractivity contribution in [2.24, 2.45) is 22.7 Å². The first-order valence-corrected chi connectivity index (χ1v) is 13.8. The minimum absolute atomic E-state index is 0.334. The maximum atomic E-state index is 3.80. The lowest BCUT2D eigenvalue weighted by Crippen LogP contribution is -2.45. The lowest BCUT2D eigenvalue weighted by molar-refractivity contribution is -0.0379. The van der Waals surface area contributed by atoms with Gasteiger partial charge in [0.15, 0.2) is 0 Å². The van der Waals surface area contributed by atoms with Crippen LogP contribution in [0.4, 0.5) is 0 Å². The maximum absolute atomic E-state index is 3.80. The fourth-order valence-corrected chi connectivity index (χ4v) is 7.19. The van der Waals surface area contributed by atoms with Gasteiger partial charge in [-0.15, -0.1) is 0 Å². The van der Waals surface area contributed by atoms with Crippen LogP contribution in [0.1, 0.15) is 128 Å². The van der Waals surface area contributed by atoms with Gasteiger partial charge < -0.3 is 0 Å². The van der Waals surface area contributed by atoms with Gasteiger partial charge in [-0.1, -0.05) is 89.2 Å². The van der Waals surface area contributed by atoms with Gasteiger partial charge in [0.25, 0.3) is 0 Å². The van der Waals surface area contributed by atoms with E-state index in [0.717, 1.165) is 11.8 Å². The van der Waals surface area contributed by atoms with E-state index >= 15 is 0 Å². The predicted molar refractivity (Wildman–Crippen MR) is 134 cm³/mol. The zero-order chi connectivity index (χ0) is 21.6. The van der Waals surface area contributed by atoms with Crippen molar-refractivity contribution in [3.05, 3.63) is 35.4 Å². The number of aryl methyl sites for hydroxylation is 1. The molecular weight excluding hydrogens is 372 g/mol. The molecule has 0 nitrogen and oxygen atoms in total. The first-order valence-electron chi connectivity index (χ1n) is 13.8. The topological polar surface area (TPSA) is 0 Å². The van der Waals surface area contributed by atoms with Crippen molar-refractivity contribution in [2.45, 2.75) is 123 Å². The Balaban J connectivity index is 1.27. The Morgan fingerprint density at radius 3 is 2.06 bits per heavy atom. The molecule has 0 heteroatoms. The van der Waals surface area contributed by atoms with Crippen LogP contribution in [0.25, 0.3) is 0 Å². The highest BCUT2D eigenvalue weighted by atomic mass is 14.6. The summed E-state index contributed by atoms with van der Waals surface area (Å²) in [5, 5.41) is 0. The number of benzene rings is 1. The Morgan fingerprint density at radius 2 is 1.45 bits per heavy atom. The second-order valence-corrected chi connectivity index (χ2v) is 11.4. The second kappa shape index (κ2) is 10.6. The molecule has 0 saturated heterocycles. The monoisotopic (exact) mass is 418 g/mol. The smallest absolute Gasteiger partial charge is 0.0319 e. The first kappa shape index (κ1) is 23.0. The van der Waals surface area contributed by atoms with Crippen molar-refractivity contribution in [2.75, 3.05) is 0 Å². The molecule has 0 radical (unpaired) electrons. The molecule has 0 amide bonds. The highest BCUT2D eigenvalue weighted by Gasteiger charge is 2.51. The average molecular weight is 419 g/mol. The van der Waals surface area contributed by atoms with E-state index in [1.807, 2.05) is 0 Å². The average Bonchev–Trinajstić information content (AvgIpc) is 2.83. The van der Waals surface area contributed by atoms with Crippen LogP contribution in [0.5, 0.6) is 0 Å². The van der Waals surface area contributed by atoms with Crippen LogP contribution < -0.4 is 0 Å². The van der Waals surface area contributed by atoms with E-state index in [0.29, 0.717) is 10.8 Å². The molecule has 5 rings (SSSR count). The zero-order valence-electron chi connectivity index (χ0n) is 20.5. The van der Waals surface area contributed by atoms with Crippen LogP contribution in [0.3, 0.4) is 0 Å². The summed E-state index contributed by atoms with van der Waals surface area (Å²) in [4.78, 5) is 0. The molecule has 31 heavy (non-hydrogen) atoms. The molecule has 4 fully saturated rings. The van der Waals surface area contributed by atoms with E-state index in [9.17, 15) is 0 Å². The third-order valence-corrected chi connectivity index (χ3v) is 9.45. The van der Waals surface area contributed by atoms with Gasteiger partial charge in [-0.25, -0.2) is 0 Å².